The van der Waals surface area contributed by atoms with Crippen LogP contribution in [0.1, 0.15) is 24.8 Å². The smallest absolute Gasteiger partial charge is 0.263 e. The summed E-state index contributed by atoms with van der Waals surface area (Å²) in [6.07, 6.45) is -0.112. The first-order valence-corrected chi connectivity index (χ1v) is 5.50. The van der Waals surface area contributed by atoms with Crippen LogP contribution < -0.4 is 10.1 Å². The zero-order chi connectivity index (χ0) is 11.4. The Bertz CT molecular complexity index is 320. The van der Waals surface area contributed by atoms with Crippen LogP contribution in [0.3, 0.4) is 0 Å². The lowest BCUT2D eigenvalue weighted by molar-refractivity contribution is 0.151. The van der Waals surface area contributed by atoms with Gasteiger partial charge in [0.1, 0.15) is 12.4 Å². The van der Waals surface area contributed by atoms with E-state index in [1.165, 1.54) is 18.6 Å². The standard InChI is InChI=1S/C12H15F2NO/c13-12(14)9-3-5-11(6-4-9)16-8-10-2-1-7-15-10/h3-6,10,12,15H,1-2,7-8H2. The molecular formula is C12H15F2NO. The van der Waals surface area contributed by atoms with Gasteiger partial charge in [-0.3, -0.25) is 0 Å². The minimum Gasteiger partial charge on any atom is -0.492 e. The number of ether oxygens (including phenoxy) is 1. The Hall–Kier alpha value is -1.16. The molecule has 0 saturated carbocycles. The molecule has 0 aromatic heterocycles. The fourth-order valence-electron chi connectivity index (χ4n) is 1.81. The molecule has 2 rings (SSSR count). The van der Waals surface area contributed by atoms with Crippen molar-refractivity contribution in [2.24, 2.45) is 0 Å². The highest BCUT2D eigenvalue weighted by Gasteiger charge is 2.14. The molecule has 0 spiro atoms. The van der Waals surface area contributed by atoms with Crippen LogP contribution in [0.4, 0.5) is 8.78 Å². The molecule has 1 heterocycles. The van der Waals surface area contributed by atoms with E-state index >= 15 is 0 Å². The molecule has 0 aliphatic carbocycles. The lowest BCUT2D eigenvalue weighted by atomic mass is 10.2. The van der Waals surface area contributed by atoms with Gasteiger partial charge in [0.15, 0.2) is 0 Å². The molecule has 1 aromatic rings. The van der Waals surface area contributed by atoms with Crippen molar-refractivity contribution in [3.8, 4) is 5.75 Å². The molecular weight excluding hydrogens is 212 g/mol. The molecule has 1 fully saturated rings. The third-order valence-electron chi connectivity index (χ3n) is 2.75. The molecule has 4 heteroatoms. The number of hydrogen-bond acceptors (Lipinski definition) is 2. The Morgan fingerprint density at radius 3 is 2.62 bits per heavy atom. The summed E-state index contributed by atoms with van der Waals surface area (Å²) in [5.41, 5.74) is 0.0336. The van der Waals surface area contributed by atoms with E-state index < -0.39 is 6.43 Å². The van der Waals surface area contributed by atoms with E-state index in [9.17, 15) is 8.78 Å². The molecule has 1 aromatic carbocycles. The molecule has 88 valence electrons. The second-order valence-corrected chi connectivity index (χ2v) is 3.97. The molecule has 0 bridgehead atoms. The van der Waals surface area contributed by atoms with Crippen molar-refractivity contribution in [2.75, 3.05) is 13.2 Å². The van der Waals surface area contributed by atoms with E-state index in [2.05, 4.69) is 5.32 Å². The number of nitrogens with one attached hydrogen (secondary N) is 1. The quantitative estimate of drug-likeness (QED) is 0.854. The SMILES string of the molecule is FC(F)c1ccc(OCC2CCCN2)cc1. The summed E-state index contributed by atoms with van der Waals surface area (Å²) in [5, 5.41) is 3.31. The van der Waals surface area contributed by atoms with E-state index in [0.29, 0.717) is 18.4 Å². The third-order valence-corrected chi connectivity index (χ3v) is 2.75. The predicted octanol–water partition coefficient (Wildman–Crippen LogP) is 2.75. The Labute approximate surface area is 93.6 Å². The molecule has 1 aliphatic heterocycles. The largest absolute Gasteiger partial charge is 0.492 e. The predicted molar refractivity (Wildman–Crippen MR) is 57.9 cm³/mol. The van der Waals surface area contributed by atoms with E-state index in [0.717, 1.165) is 13.0 Å². The summed E-state index contributed by atoms with van der Waals surface area (Å²) in [5.74, 6) is 0.651. The minimum absolute atomic E-state index is 0.0336. The van der Waals surface area contributed by atoms with Crippen molar-refractivity contribution in [1.29, 1.82) is 0 Å². The van der Waals surface area contributed by atoms with Crippen LogP contribution in [-0.2, 0) is 0 Å². The van der Waals surface area contributed by atoms with Crippen LogP contribution in [0, 0.1) is 0 Å². The van der Waals surface area contributed by atoms with Gasteiger partial charge in [-0.05, 0) is 43.7 Å². The minimum atomic E-state index is -2.41. The van der Waals surface area contributed by atoms with Crippen molar-refractivity contribution in [3.63, 3.8) is 0 Å². The van der Waals surface area contributed by atoms with Gasteiger partial charge in [0.2, 0.25) is 0 Å². The van der Waals surface area contributed by atoms with Crippen molar-refractivity contribution < 1.29 is 13.5 Å². The number of halogens is 2. The molecule has 2 nitrogen and oxygen atoms in total. The topological polar surface area (TPSA) is 21.3 Å². The Balaban J connectivity index is 1.84. The zero-order valence-corrected chi connectivity index (χ0v) is 8.96. The van der Waals surface area contributed by atoms with Crippen LogP contribution in [-0.4, -0.2) is 19.2 Å². The van der Waals surface area contributed by atoms with Crippen molar-refractivity contribution in [2.45, 2.75) is 25.3 Å². The maximum absolute atomic E-state index is 12.3. The summed E-state index contributed by atoms with van der Waals surface area (Å²) in [7, 11) is 0. The molecule has 1 N–H and O–H groups in total. The summed E-state index contributed by atoms with van der Waals surface area (Å²) in [6.45, 7) is 1.65. The second kappa shape index (κ2) is 5.25. The highest BCUT2D eigenvalue weighted by Crippen LogP contribution is 2.21. The zero-order valence-electron chi connectivity index (χ0n) is 8.96. The highest BCUT2D eigenvalue weighted by atomic mass is 19.3. The van der Waals surface area contributed by atoms with E-state index in [4.69, 9.17) is 4.74 Å². The molecule has 1 saturated heterocycles. The van der Waals surface area contributed by atoms with Crippen molar-refractivity contribution >= 4 is 0 Å². The van der Waals surface area contributed by atoms with Gasteiger partial charge in [0.05, 0.1) is 0 Å². The number of hydrogen-bond donors (Lipinski definition) is 1. The van der Waals surface area contributed by atoms with Gasteiger partial charge in [-0.1, -0.05) is 0 Å². The lowest BCUT2D eigenvalue weighted by Gasteiger charge is -2.12. The van der Waals surface area contributed by atoms with Gasteiger partial charge in [0, 0.05) is 11.6 Å². The van der Waals surface area contributed by atoms with Gasteiger partial charge in [-0.25, -0.2) is 8.78 Å². The molecule has 0 amide bonds. The maximum Gasteiger partial charge on any atom is 0.263 e. The normalized spacial score (nSPS) is 20.3. The second-order valence-electron chi connectivity index (χ2n) is 3.97. The lowest BCUT2D eigenvalue weighted by Crippen LogP contribution is -2.28. The van der Waals surface area contributed by atoms with Crippen LogP contribution in [0.15, 0.2) is 24.3 Å². The third kappa shape index (κ3) is 2.92. The summed E-state index contributed by atoms with van der Waals surface area (Å²) < 4.78 is 30.1. The Morgan fingerprint density at radius 2 is 2.06 bits per heavy atom. The maximum atomic E-state index is 12.3. The summed E-state index contributed by atoms with van der Waals surface area (Å²) in [4.78, 5) is 0. The van der Waals surface area contributed by atoms with E-state index in [1.807, 2.05) is 0 Å². The van der Waals surface area contributed by atoms with Gasteiger partial charge in [0.25, 0.3) is 6.43 Å². The van der Waals surface area contributed by atoms with Crippen molar-refractivity contribution in [1.82, 2.24) is 5.32 Å². The number of rotatable bonds is 4. The molecule has 16 heavy (non-hydrogen) atoms. The van der Waals surface area contributed by atoms with Crippen molar-refractivity contribution in [3.05, 3.63) is 29.8 Å². The molecule has 1 unspecified atom stereocenters. The monoisotopic (exact) mass is 227 g/mol. The fraction of sp³-hybridized carbons (Fsp3) is 0.500. The first-order valence-electron chi connectivity index (χ1n) is 5.50. The van der Waals surface area contributed by atoms with E-state index in [-0.39, 0.29) is 5.56 Å². The van der Waals surface area contributed by atoms with Gasteiger partial charge < -0.3 is 10.1 Å². The first kappa shape index (κ1) is 11.3. The highest BCUT2D eigenvalue weighted by molar-refractivity contribution is 5.27. The van der Waals surface area contributed by atoms with Crippen LogP contribution in [0.5, 0.6) is 5.75 Å². The van der Waals surface area contributed by atoms with Crippen LogP contribution in [0.2, 0.25) is 0 Å². The Morgan fingerprint density at radius 1 is 1.31 bits per heavy atom. The molecule has 1 atom stereocenters. The average molecular weight is 227 g/mol. The fourth-order valence-corrected chi connectivity index (χ4v) is 1.81. The summed E-state index contributed by atoms with van der Waals surface area (Å²) >= 11 is 0. The molecule has 1 aliphatic rings. The molecule has 0 radical (unpaired) electrons. The number of alkyl halides is 2. The first-order chi connectivity index (χ1) is 7.75. The summed E-state index contributed by atoms with van der Waals surface area (Å²) in [6, 6.07) is 6.40. The van der Waals surface area contributed by atoms with Crippen LogP contribution >= 0.6 is 0 Å². The van der Waals surface area contributed by atoms with Gasteiger partial charge in [-0.15, -0.1) is 0 Å². The average Bonchev–Trinajstić information content (AvgIpc) is 2.80. The van der Waals surface area contributed by atoms with Gasteiger partial charge >= 0.3 is 0 Å². The number of benzene rings is 1. The van der Waals surface area contributed by atoms with E-state index in [1.54, 1.807) is 12.1 Å². The van der Waals surface area contributed by atoms with Gasteiger partial charge in [-0.2, -0.15) is 0 Å². The van der Waals surface area contributed by atoms with Crippen LogP contribution in [0.25, 0.3) is 0 Å². The Kier molecular flexibility index (Phi) is 3.72.